The molecule has 0 saturated heterocycles. The lowest BCUT2D eigenvalue weighted by Gasteiger charge is -2.37. The van der Waals surface area contributed by atoms with E-state index in [4.69, 9.17) is 4.74 Å². The van der Waals surface area contributed by atoms with Crippen LogP contribution in [0.5, 0.6) is 5.75 Å². The van der Waals surface area contributed by atoms with Crippen LogP contribution in [0.15, 0.2) is 64.9 Å². The number of aryl methyl sites for hydroxylation is 1. The highest BCUT2D eigenvalue weighted by atomic mass is 32.2. The fourth-order valence-corrected chi connectivity index (χ4v) is 6.91. The minimum Gasteiger partial charge on any atom is -0.491 e. The quantitative estimate of drug-likeness (QED) is 0.382. The van der Waals surface area contributed by atoms with Crippen molar-refractivity contribution in [2.75, 3.05) is 19.7 Å². The van der Waals surface area contributed by atoms with E-state index in [2.05, 4.69) is 0 Å². The predicted molar refractivity (Wildman–Crippen MR) is 139 cm³/mol. The fourth-order valence-electron chi connectivity index (χ4n) is 4.33. The molecular formula is C27H31FN2O4S2. The van der Waals surface area contributed by atoms with E-state index in [9.17, 15) is 17.6 Å². The normalized spacial score (nSPS) is 16.6. The zero-order chi connectivity index (χ0) is 25.9. The third-order valence-corrected chi connectivity index (χ3v) is 9.61. The van der Waals surface area contributed by atoms with Gasteiger partial charge < -0.3 is 9.64 Å². The Morgan fingerprint density at radius 2 is 1.86 bits per heavy atom. The van der Waals surface area contributed by atoms with Crippen LogP contribution in [0, 0.1) is 12.7 Å². The maximum Gasteiger partial charge on any atom is 0.243 e. The SMILES string of the molecule is CC[C@@H](C)N(CC(=O)N1CCc2sccc2[C@H]1COc1ccc(F)cc1)S(=O)(=O)c1ccc(C)cc1. The summed E-state index contributed by atoms with van der Waals surface area (Å²) in [7, 11) is -3.87. The third-order valence-electron chi connectivity index (χ3n) is 6.64. The summed E-state index contributed by atoms with van der Waals surface area (Å²) in [4.78, 5) is 16.8. The number of sulfonamides is 1. The number of hydrogen-bond acceptors (Lipinski definition) is 5. The van der Waals surface area contributed by atoms with Gasteiger partial charge in [0.05, 0.1) is 17.5 Å². The van der Waals surface area contributed by atoms with Crippen molar-refractivity contribution in [3.05, 3.63) is 81.8 Å². The number of amides is 1. The number of thiophene rings is 1. The summed E-state index contributed by atoms with van der Waals surface area (Å²) in [6.07, 6.45) is 1.28. The largest absolute Gasteiger partial charge is 0.491 e. The average molecular weight is 531 g/mol. The van der Waals surface area contributed by atoms with Crippen molar-refractivity contribution in [3.63, 3.8) is 0 Å². The molecule has 0 radical (unpaired) electrons. The molecule has 4 rings (SSSR count). The molecule has 0 fully saturated rings. The molecule has 9 heteroatoms. The van der Waals surface area contributed by atoms with E-state index < -0.39 is 10.0 Å². The standard InChI is InChI=1S/C27H31FN2O4S2/c1-4-20(3)30(36(32,33)23-11-5-19(2)6-12-23)17-27(31)29-15-13-26-24(14-16-35-26)25(29)18-34-22-9-7-21(28)8-10-22/h5-12,14,16,20,25H,4,13,15,17-18H2,1-3H3/t20-,25-/m1/s1. The molecule has 1 amide bonds. The van der Waals surface area contributed by atoms with Gasteiger partial charge in [0.2, 0.25) is 15.9 Å². The van der Waals surface area contributed by atoms with E-state index in [1.165, 1.54) is 21.3 Å². The highest BCUT2D eigenvalue weighted by Crippen LogP contribution is 2.34. The van der Waals surface area contributed by atoms with Gasteiger partial charge >= 0.3 is 0 Å². The van der Waals surface area contributed by atoms with Gasteiger partial charge in [-0.15, -0.1) is 11.3 Å². The molecular weight excluding hydrogens is 499 g/mol. The smallest absolute Gasteiger partial charge is 0.243 e. The van der Waals surface area contributed by atoms with Crippen molar-refractivity contribution in [3.8, 4) is 5.75 Å². The number of carbonyl (C=O) groups excluding carboxylic acids is 1. The van der Waals surface area contributed by atoms with Crippen LogP contribution in [0.4, 0.5) is 4.39 Å². The van der Waals surface area contributed by atoms with Crippen molar-refractivity contribution in [1.29, 1.82) is 0 Å². The van der Waals surface area contributed by atoms with Crippen LogP contribution >= 0.6 is 11.3 Å². The van der Waals surface area contributed by atoms with Crippen molar-refractivity contribution in [2.45, 2.75) is 50.6 Å². The molecule has 0 bridgehead atoms. The van der Waals surface area contributed by atoms with Crippen LogP contribution in [0.2, 0.25) is 0 Å². The Morgan fingerprint density at radius 3 is 2.53 bits per heavy atom. The third kappa shape index (κ3) is 5.63. The molecule has 1 aliphatic heterocycles. The monoisotopic (exact) mass is 530 g/mol. The molecule has 2 aromatic carbocycles. The van der Waals surface area contributed by atoms with Crippen LogP contribution in [0.1, 0.15) is 42.3 Å². The maximum atomic E-state index is 13.7. The number of benzene rings is 2. The predicted octanol–water partition coefficient (Wildman–Crippen LogP) is 5.19. The summed E-state index contributed by atoms with van der Waals surface area (Å²) in [5, 5.41) is 2.00. The minimum absolute atomic E-state index is 0.177. The zero-order valence-corrected chi connectivity index (χ0v) is 22.3. The Kier molecular flexibility index (Phi) is 8.12. The fraction of sp³-hybridized carbons (Fsp3) is 0.370. The van der Waals surface area contributed by atoms with Gasteiger partial charge in [0.25, 0.3) is 0 Å². The topological polar surface area (TPSA) is 66.9 Å². The zero-order valence-electron chi connectivity index (χ0n) is 20.7. The van der Waals surface area contributed by atoms with Crippen molar-refractivity contribution >= 4 is 27.3 Å². The van der Waals surface area contributed by atoms with Gasteiger partial charge in [0, 0.05) is 17.5 Å². The summed E-state index contributed by atoms with van der Waals surface area (Å²) in [6.45, 7) is 6.04. The van der Waals surface area contributed by atoms with Gasteiger partial charge in [-0.25, -0.2) is 12.8 Å². The summed E-state index contributed by atoms with van der Waals surface area (Å²) >= 11 is 1.64. The van der Waals surface area contributed by atoms with Gasteiger partial charge in [0.15, 0.2) is 0 Å². The number of fused-ring (bicyclic) bond motifs is 1. The molecule has 0 aliphatic carbocycles. The molecule has 0 unspecified atom stereocenters. The van der Waals surface area contributed by atoms with Gasteiger partial charge in [-0.3, -0.25) is 4.79 Å². The molecule has 2 atom stereocenters. The molecule has 2 heterocycles. The second-order valence-electron chi connectivity index (χ2n) is 9.04. The summed E-state index contributed by atoms with van der Waals surface area (Å²) in [5.74, 6) is -0.110. The van der Waals surface area contributed by atoms with Crippen molar-refractivity contribution in [1.82, 2.24) is 9.21 Å². The van der Waals surface area contributed by atoms with Crippen molar-refractivity contribution in [2.24, 2.45) is 0 Å². The number of halogens is 1. The molecule has 6 nitrogen and oxygen atoms in total. The lowest BCUT2D eigenvalue weighted by atomic mass is 10.0. The molecule has 3 aromatic rings. The van der Waals surface area contributed by atoms with E-state index in [1.807, 2.05) is 32.2 Å². The van der Waals surface area contributed by atoms with E-state index in [0.29, 0.717) is 25.1 Å². The van der Waals surface area contributed by atoms with Gasteiger partial charge in [0.1, 0.15) is 18.2 Å². The number of ether oxygens (including phenoxy) is 1. The van der Waals surface area contributed by atoms with Crippen LogP contribution in [-0.2, 0) is 21.2 Å². The number of hydrogen-bond donors (Lipinski definition) is 0. The number of rotatable bonds is 9. The molecule has 0 N–H and O–H groups in total. The lowest BCUT2D eigenvalue weighted by molar-refractivity contribution is -0.135. The summed E-state index contributed by atoms with van der Waals surface area (Å²) < 4.78 is 47.6. The first-order valence-electron chi connectivity index (χ1n) is 12.0. The highest BCUT2D eigenvalue weighted by Gasteiger charge is 2.36. The number of carbonyl (C=O) groups is 1. The Labute approximate surface area is 216 Å². The van der Waals surface area contributed by atoms with Gasteiger partial charge in [-0.2, -0.15) is 4.31 Å². The molecule has 0 spiro atoms. The maximum absolute atomic E-state index is 13.7. The first-order valence-corrected chi connectivity index (χ1v) is 14.3. The molecule has 192 valence electrons. The van der Waals surface area contributed by atoms with Crippen LogP contribution in [-0.4, -0.2) is 49.3 Å². The van der Waals surface area contributed by atoms with Crippen LogP contribution in [0.25, 0.3) is 0 Å². The Bertz CT molecular complexity index is 1290. The van der Waals surface area contributed by atoms with E-state index in [-0.39, 0.29) is 41.9 Å². The molecule has 1 aromatic heterocycles. The Morgan fingerprint density at radius 1 is 1.17 bits per heavy atom. The Balaban J connectivity index is 1.58. The first-order chi connectivity index (χ1) is 17.2. The summed E-state index contributed by atoms with van der Waals surface area (Å²) in [5.41, 5.74) is 1.97. The molecule has 36 heavy (non-hydrogen) atoms. The van der Waals surface area contributed by atoms with Gasteiger partial charge in [-0.1, -0.05) is 24.6 Å². The first kappa shape index (κ1) is 26.3. The lowest BCUT2D eigenvalue weighted by Crippen LogP contribution is -2.49. The Hall–Kier alpha value is -2.75. The second-order valence-corrected chi connectivity index (χ2v) is 11.9. The van der Waals surface area contributed by atoms with E-state index in [0.717, 1.165) is 11.1 Å². The second kappa shape index (κ2) is 11.1. The highest BCUT2D eigenvalue weighted by molar-refractivity contribution is 7.89. The molecule has 0 saturated carbocycles. The van der Waals surface area contributed by atoms with Crippen LogP contribution < -0.4 is 4.74 Å². The van der Waals surface area contributed by atoms with E-state index in [1.54, 1.807) is 52.6 Å². The van der Waals surface area contributed by atoms with Gasteiger partial charge in [-0.05, 0) is 80.1 Å². The summed E-state index contributed by atoms with van der Waals surface area (Å²) in [6, 6.07) is 13.7. The molecule has 1 aliphatic rings. The number of nitrogens with zero attached hydrogens (tertiary/aromatic N) is 2. The van der Waals surface area contributed by atoms with E-state index >= 15 is 0 Å². The average Bonchev–Trinajstić information content (AvgIpc) is 3.35. The van der Waals surface area contributed by atoms with Crippen LogP contribution in [0.3, 0.4) is 0 Å². The minimum atomic E-state index is -3.87. The van der Waals surface area contributed by atoms with Crippen molar-refractivity contribution < 1.29 is 22.3 Å².